The van der Waals surface area contributed by atoms with Crippen molar-refractivity contribution in [1.29, 1.82) is 0 Å². The minimum Gasteiger partial charge on any atom is -0.385 e. The number of aromatic nitrogens is 3. The zero-order valence-corrected chi connectivity index (χ0v) is 18.6. The summed E-state index contributed by atoms with van der Waals surface area (Å²) in [5.74, 6) is 1.38. The number of hydrogen-bond acceptors (Lipinski definition) is 7. The summed E-state index contributed by atoms with van der Waals surface area (Å²) >= 11 is 0. The summed E-state index contributed by atoms with van der Waals surface area (Å²) in [5, 5.41) is 8.19. The fourth-order valence-electron chi connectivity index (χ4n) is 4.23. The lowest BCUT2D eigenvalue weighted by Crippen LogP contribution is -2.46. The van der Waals surface area contributed by atoms with Crippen LogP contribution in [0, 0.1) is 19.7 Å². The van der Waals surface area contributed by atoms with Crippen LogP contribution in [0.1, 0.15) is 42.1 Å². The molecule has 1 aliphatic heterocycles. The highest BCUT2D eigenvalue weighted by Gasteiger charge is 2.41. The van der Waals surface area contributed by atoms with Crippen molar-refractivity contribution in [2.24, 2.45) is 0 Å². The van der Waals surface area contributed by atoms with Gasteiger partial charge >= 0.3 is 0 Å². The Hall–Kier alpha value is -3.07. The first-order valence-electron chi connectivity index (χ1n) is 10.7. The Morgan fingerprint density at radius 3 is 2.50 bits per heavy atom. The molecule has 1 aromatic carbocycles. The van der Waals surface area contributed by atoms with E-state index in [9.17, 15) is 9.18 Å². The van der Waals surface area contributed by atoms with Crippen molar-refractivity contribution in [2.75, 3.05) is 26.8 Å². The molecule has 1 saturated heterocycles. The first-order chi connectivity index (χ1) is 15.4. The summed E-state index contributed by atoms with van der Waals surface area (Å²) in [6.07, 6.45) is 2.40. The van der Waals surface area contributed by atoms with Crippen molar-refractivity contribution >= 4 is 5.91 Å². The lowest BCUT2D eigenvalue weighted by molar-refractivity contribution is -0.132. The molecule has 3 aromatic rings. The molecule has 0 atom stereocenters. The quantitative estimate of drug-likeness (QED) is 0.552. The van der Waals surface area contributed by atoms with Gasteiger partial charge in [-0.05, 0) is 57.4 Å². The number of methoxy groups -OCH3 is 1. The van der Waals surface area contributed by atoms with E-state index in [1.54, 1.807) is 19.2 Å². The predicted molar refractivity (Wildman–Crippen MR) is 113 cm³/mol. The molecule has 1 fully saturated rings. The first kappa shape index (κ1) is 22.1. The predicted octanol–water partition coefficient (Wildman–Crippen LogP) is 3.62. The van der Waals surface area contributed by atoms with Crippen molar-refractivity contribution in [2.45, 2.75) is 44.9 Å². The van der Waals surface area contributed by atoms with Crippen LogP contribution in [0.4, 0.5) is 4.39 Å². The van der Waals surface area contributed by atoms with E-state index >= 15 is 0 Å². The normalized spacial score (nSPS) is 15.8. The van der Waals surface area contributed by atoms with Gasteiger partial charge in [0.15, 0.2) is 5.82 Å². The zero-order valence-electron chi connectivity index (χ0n) is 18.6. The molecule has 0 unspecified atom stereocenters. The molecule has 0 aliphatic carbocycles. The van der Waals surface area contributed by atoms with Gasteiger partial charge in [0, 0.05) is 43.3 Å². The number of rotatable bonds is 7. The molecule has 0 radical (unpaired) electrons. The van der Waals surface area contributed by atoms with Gasteiger partial charge < -0.3 is 18.7 Å². The summed E-state index contributed by atoms with van der Waals surface area (Å²) in [4.78, 5) is 19.4. The number of carbonyl (C=O) groups excluding carboxylic acids is 1. The third-order valence-electron chi connectivity index (χ3n) is 6.36. The van der Waals surface area contributed by atoms with Crippen molar-refractivity contribution in [3.05, 3.63) is 52.9 Å². The van der Waals surface area contributed by atoms with E-state index < -0.39 is 0 Å². The molecule has 32 heavy (non-hydrogen) atoms. The average Bonchev–Trinajstić information content (AvgIpc) is 3.42. The fourth-order valence-corrected chi connectivity index (χ4v) is 4.23. The standard InChI is InChI=1S/C23H27FN4O4/c1-15-19(16(2)31-26-15)14-20(29)28-11-8-23(9-12-28,10-13-30-3)22-25-21(32-27-22)17-4-6-18(24)7-5-17/h4-7H,8-14H2,1-3H3. The highest BCUT2D eigenvalue weighted by molar-refractivity contribution is 5.79. The van der Waals surface area contributed by atoms with Crippen LogP contribution < -0.4 is 0 Å². The molecular formula is C23H27FN4O4. The summed E-state index contributed by atoms with van der Waals surface area (Å²) in [5.41, 5.74) is 1.92. The Morgan fingerprint density at radius 2 is 1.88 bits per heavy atom. The maximum absolute atomic E-state index is 13.2. The van der Waals surface area contributed by atoms with E-state index in [-0.39, 0.29) is 23.6 Å². The number of nitrogens with zero attached hydrogens (tertiary/aromatic N) is 4. The summed E-state index contributed by atoms with van der Waals surface area (Å²) < 4.78 is 29.3. The van der Waals surface area contributed by atoms with Gasteiger partial charge in [0.05, 0.1) is 12.1 Å². The third kappa shape index (κ3) is 4.43. The average molecular weight is 442 g/mol. The molecule has 9 heteroatoms. The van der Waals surface area contributed by atoms with Crippen LogP contribution in [0.3, 0.4) is 0 Å². The van der Waals surface area contributed by atoms with Gasteiger partial charge in [0.25, 0.3) is 5.89 Å². The number of ether oxygens (including phenoxy) is 1. The minimum atomic E-state index is -0.350. The molecular weight excluding hydrogens is 415 g/mol. The van der Waals surface area contributed by atoms with Crippen LogP contribution in [-0.4, -0.2) is 52.9 Å². The second-order valence-corrected chi connectivity index (χ2v) is 8.31. The summed E-state index contributed by atoms with van der Waals surface area (Å²) in [6, 6.07) is 5.96. The highest BCUT2D eigenvalue weighted by Crippen LogP contribution is 2.38. The maximum Gasteiger partial charge on any atom is 0.257 e. The second kappa shape index (κ2) is 9.20. The van der Waals surface area contributed by atoms with Gasteiger partial charge in [0.1, 0.15) is 11.6 Å². The molecule has 0 spiro atoms. The maximum atomic E-state index is 13.2. The van der Waals surface area contributed by atoms with Crippen molar-refractivity contribution in [1.82, 2.24) is 20.2 Å². The number of likely N-dealkylation sites (tertiary alicyclic amines) is 1. The van der Waals surface area contributed by atoms with E-state index in [1.807, 2.05) is 18.7 Å². The number of benzene rings is 1. The van der Waals surface area contributed by atoms with E-state index in [0.717, 1.165) is 17.7 Å². The number of amides is 1. The van der Waals surface area contributed by atoms with Crippen molar-refractivity contribution < 1.29 is 23.0 Å². The topological polar surface area (TPSA) is 94.5 Å². The van der Waals surface area contributed by atoms with Crippen LogP contribution in [0.2, 0.25) is 0 Å². The third-order valence-corrected chi connectivity index (χ3v) is 6.36. The number of hydrogen-bond donors (Lipinski definition) is 0. The SMILES string of the molecule is COCCC1(c2noc(-c3ccc(F)cc3)n2)CCN(C(=O)Cc2c(C)noc2C)CC1. The molecule has 0 saturated carbocycles. The van der Waals surface area contributed by atoms with E-state index in [4.69, 9.17) is 13.8 Å². The number of carbonyl (C=O) groups is 1. The Balaban J connectivity index is 1.49. The minimum absolute atomic E-state index is 0.0554. The Kier molecular flexibility index (Phi) is 6.36. The van der Waals surface area contributed by atoms with E-state index in [2.05, 4.69) is 15.3 Å². The van der Waals surface area contributed by atoms with Crippen molar-refractivity contribution in [3.63, 3.8) is 0 Å². The first-order valence-corrected chi connectivity index (χ1v) is 10.7. The summed E-state index contributed by atoms with van der Waals surface area (Å²) in [7, 11) is 1.66. The molecule has 8 nitrogen and oxygen atoms in total. The fraction of sp³-hybridized carbons (Fsp3) is 0.478. The monoisotopic (exact) mass is 442 g/mol. The molecule has 1 aliphatic rings. The van der Waals surface area contributed by atoms with Crippen LogP contribution in [0.25, 0.3) is 11.5 Å². The van der Waals surface area contributed by atoms with Crippen molar-refractivity contribution in [3.8, 4) is 11.5 Å². The van der Waals surface area contributed by atoms with Crippen LogP contribution in [-0.2, 0) is 21.4 Å². The Morgan fingerprint density at radius 1 is 1.16 bits per heavy atom. The lowest BCUT2D eigenvalue weighted by Gasteiger charge is -2.39. The molecule has 0 N–H and O–H groups in total. The number of aryl methyl sites for hydroxylation is 2. The molecule has 170 valence electrons. The number of piperidine rings is 1. The van der Waals surface area contributed by atoms with Crippen LogP contribution in [0.5, 0.6) is 0 Å². The van der Waals surface area contributed by atoms with Gasteiger partial charge in [-0.25, -0.2) is 4.39 Å². The van der Waals surface area contributed by atoms with E-state index in [0.29, 0.717) is 55.6 Å². The van der Waals surface area contributed by atoms with Gasteiger partial charge in [-0.15, -0.1) is 0 Å². The Labute approximate surface area is 185 Å². The largest absolute Gasteiger partial charge is 0.385 e. The van der Waals surface area contributed by atoms with Gasteiger partial charge in [-0.2, -0.15) is 4.98 Å². The molecule has 0 bridgehead atoms. The Bertz CT molecular complexity index is 1050. The van der Waals surface area contributed by atoms with Gasteiger partial charge in [-0.3, -0.25) is 4.79 Å². The molecule has 4 rings (SSSR count). The zero-order chi connectivity index (χ0) is 22.7. The second-order valence-electron chi connectivity index (χ2n) is 8.31. The molecule has 1 amide bonds. The van der Waals surface area contributed by atoms with Gasteiger partial charge in [0.2, 0.25) is 5.91 Å². The highest BCUT2D eigenvalue weighted by atomic mass is 19.1. The molecule has 2 aromatic heterocycles. The van der Waals surface area contributed by atoms with Crippen LogP contribution in [0.15, 0.2) is 33.3 Å². The number of halogens is 1. The smallest absolute Gasteiger partial charge is 0.257 e. The van der Waals surface area contributed by atoms with Crippen LogP contribution >= 0.6 is 0 Å². The van der Waals surface area contributed by atoms with E-state index in [1.165, 1.54) is 12.1 Å². The lowest BCUT2D eigenvalue weighted by atomic mass is 9.75. The van der Waals surface area contributed by atoms with Gasteiger partial charge in [-0.1, -0.05) is 10.3 Å². The molecule has 3 heterocycles. The summed E-state index contributed by atoms with van der Waals surface area (Å²) in [6.45, 7) is 5.40.